The Morgan fingerprint density at radius 3 is 2.63 bits per heavy atom. The Bertz CT molecular complexity index is 578. The fraction of sp³-hybridized carbons (Fsp3) is 0.333. The summed E-state index contributed by atoms with van der Waals surface area (Å²) in [7, 11) is 2.61. The molecule has 104 valence electrons. The minimum atomic E-state index is -0.833. The van der Waals surface area contributed by atoms with E-state index in [1.54, 1.807) is 0 Å². The van der Waals surface area contributed by atoms with E-state index in [0.29, 0.717) is 0 Å². The summed E-state index contributed by atoms with van der Waals surface area (Å²) in [6, 6.07) is 0. The van der Waals surface area contributed by atoms with Crippen LogP contribution >= 0.6 is 34.5 Å². The third-order valence-corrected chi connectivity index (χ3v) is 3.01. The third-order valence-electron chi connectivity index (χ3n) is 1.80. The van der Waals surface area contributed by atoms with Crippen LogP contribution in [0.3, 0.4) is 0 Å². The average molecular weight is 326 g/mol. The Morgan fingerprint density at radius 1 is 1.47 bits per heavy atom. The van der Waals surface area contributed by atoms with Gasteiger partial charge < -0.3 is 9.68 Å². The Kier molecular flexibility index (Phi) is 6.00. The zero-order valence-corrected chi connectivity index (χ0v) is 12.3. The van der Waals surface area contributed by atoms with E-state index in [2.05, 4.69) is 15.0 Å². The zero-order valence-electron chi connectivity index (χ0n) is 9.92. The average Bonchev–Trinajstić information content (AvgIpc) is 2.77. The predicted octanol–water partition coefficient (Wildman–Crippen LogP) is 0.390. The Labute approximate surface area is 122 Å². The highest BCUT2D eigenvalue weighted by Gasteiger charge is 2.19. The number of carbonyl (C=O) groups excluding carboxylic acids is 2. The summed E-state index contributed by atoms with van der Waals surface area (Å²) in [4.78, 5) is 35.9. The number of hydrogen-bond acceptors (Lipinski definition) is 6. The van der Waals surface area contributed by atoms with Gasteiger partial charge in [0.1, 0.15) is 25.8 Å². The highest BCUT2D eigenvalue weighted by molar-refractivity contribution is 7.07. The lowest BCUT2D eigenvalue weighted by molar-refractivity contribution is -0.115. The fourth-order valence-corrected chi connectivity index (χ4v) is 2.16. The van der Waals surface area contributed by atoms with Crippen LogP contribution in [0, 0.1) is 0 Å². The summed E-state index contributed by atoms with van der Waals surface area (Å²) >= 11 is 11.8. The molecule has 0 atom stereocenters. The summed E-state index contributed by atoms with van der Waals surface area (Å²) in [6.45, 7) is 0. The van der Waals surface area contributed by atoms with Crippen molar-refractivity contribution in [1.82, 2.24) is 4.73 Å². The topological polar surface area (TPSA) is 82.3 Å². The van der Waals surface area contributed by atoms with Crippen molar-refractivity contribution < 1.29 is 19.3 Å². The number of aromatic nitrogens is 1. The van der Waals surface area contributed by atoms with Crippen molar-refractivity contribution in [1.29, 1.82) is 0 Å². The molecular formula is C9H9Cl2N3O4S. The molecule has 0 radical (unpaired) electrons. The van der Waals surface area contributed by atoms with E-state index in [4.69, 9.17) is 28.0 Å². The van der Waals surface area contributed by atoms with Gasteiger partial charge in [-0.3, -0.25) is 9.59 Å². The standard InChI is InChI=1S/C9H9Cl2N3O4S/c1-17-13-7(8(11)16)5-4-19-9(14(5)18-2)12-6(15)3-10/h4H,3H2,1-2H3. The number of hydrogen-bond donors (Lipinski definition) is 0. The third kappa shape index (κ3) is 3.79. The molecule has 0 aliphatic heterocycles. The largest absolute Gasteiger partial charge is 0.414 e. The maximum atomic E-state index is 11.3. The summed E-state index contributed by atoms with van der Waals surface area (Å²) in [5.41, 5.74) is 0.0533. The molecule has 1 heterocycles. The van der Waals surface area contributed by atoms with E-state index in [1.165, 1.54) is 19.6 Å². The van der Waals surface area contributed by atoms with Crippen LogP contribution in [0.4, 0.5) is 0 Å². The van der Waals surface area contributed by atoms with Crippen LogP contribution in [-0.4, -0.2) is 41.7 Å². The second kappa shape index (κ2) is 7.27. The molecule has 1 rings (SSSR count). The van der Waals surface area contributed by atoms with E-state index in [1.807, 2.05) is 0 Å². The number of alkyl halides is 1. The van der Waals surface area contributed by atoms with Crippen LogP contribution in [-0.2, 0) is 14.4 Å². The molecule has 7 nitrogen and oxygen atoms in total. The van der Waals surface area contributed by atoms with Gasteiger partial charge in [0.25, 0.3) is 11.1 Å². The van der Waals surface area contributed by atoms with Crippen molar-refractivity contribution >= 4 is 51.4 Å². The second-order valence-corrected chi connectivity index (χ2v) is 4.36. The molecule has 0 aliphatic rings. The number of carbonyl (C=O) groups is 2. The quantitative estimate of drug-likeness (QED) is 0.339. The zero-order chi connectivity index (χ0) is 14.4. The van der Waals surface area contributed by atoms with E-state index in [9.17, 15) is 9.59 Å². The summed E-state index contributed by atoms with van der Waals surface area (Å²) in [6.07, 6.45) is 0. The van der Waals surface area contributed by atoms with Crippen LogP contribution in [0.2, 0.25) is 0 Å². The number of halogens is 2. The van der Waals surface area contributed by atoms with Crippen molar-refractivity contribution in [3.8, 4) is 0 Å². The first kappa shape index (κ1) is 15.7. The Balaban J connectivity index is 3.39. The minimum Gasteiger partial charge on any atom is -0.414 e. The SMILES string of the molecule is CON=C(C(=O)Cl)c1csc(=NC(=O)CCl)n1OC. The van der Waals surface area contributed by atoms with Crippen LogP contribution in [0.5, 0.6) is 0 Å². The molecule has 0 fully saturated rings. The lowest BCUT2D eigenvalue weighted by atomic mass is 10.3. The molecule has 1 amide bonds. The Morgan fingerprint density at radius 2 is 2.16 bits per heavy atom. The lowest BCUT2D eigenvalue weighted by Crippen LogP contribution is -2.28. The summed E-state index contributed by atoms with van der Waals surface area (Å²) < 4.78 is 1.13. The molecule has 0 bridgehead atoms. The molecule has 1 aromatic rings. The van der Waals surface area contributed by atoms with Gasteiger partial charge >= 0.3 is 0 Å². The van der Waals surface area contributed by atoms with E-state index < -0.39 is 11.1 Å². The van der Waals surface area contributed by atoms with Crippen molar-refractivity contribution in [3.63, 3.8) is 0 Å². The highest BCUT2D eigenvalue weighted by atomic mass is 35.5. The van der Waals surface area contributed by atoms with Crippen LogP contribution in [0.25, 0.3) is 0 Å². The summed E-state index contributed by atoms with van der Waals surface area (Å²) in [5.74, 6) is -0.798. The number of thiazole rings is 1. The first-order chi connectivity index (χ1) is 9.04. The number of oxime groups is 1. The molecule has 1 aromatic heterocycles. The first-order valence-corrected chi connectivity index (χ1v) is 6.54. The van der Waals surface area contributed by atoms with Crippen LogP contribution < -0.4 is 9.64 Å². The van der Waals surface area contributed by atoms with E-state index in [0.717, 1.165) is 16.1 Å². The van der Waals surface area contributed by atoms with E-state index in [-0.39, 0.29) is 22.1 Å². The number of rotatable bonds is 5. The monoisotopic (exact) mass is 325 g/mol. The number of amides is 1. The van der Waals surface area contributed by atoms with E-state index >= 15 is 0 Å². The molecule has 0 aromatic carbocycles. The van der Waals surface area contributed by atoms with Gasteiger partial charge in [-0.25, -0.2) is 0 Å². The predicted molar refractivity (Wildman–Crippen MR) is 70.5 cm³/mol. The molecule has 0 unspecified atom stereocenters. The number of nitrogens with zero attached hydrogens (tertiary/aromatic N) is 3. The second-order valence-electron chi connectivity index (χ2n) is 2.92. The van der Waals surface area contributed by atoms with Crippen LogP contribution in [0.1, 0.15) is 5.69 Å². The highest BCUT2D eigenvalue weighted by Crippen LogP contribution is 2.06. The molecule has 19 heavy (non-hydrogen) atoms. The molecule has 0 N–H and O–H groups in total. The van der Waals surface area contributed by atoms with Gasteiger partial charge in [-0.2, -0.15) is 9.72 Å². The van der Waals surface area contributed by atoms with Gasteiger partial charge in [0.15, 0.2) is 5.71 Å². The van der Waals surface area contributed by atoms with Crippen molar-refractivity contribution in [2.24, 2.45) is 10.1 Å². The molecule has 0 saturated carbocycles. The maximum absolute atomic E-state index is 11.3. The van der Waals surface area contributed by atoms with Gasteiger partial charge in [0, 0.05) is 5.38 Å². The van der Waals surface area contributed by atoms with Gasteiger partial charge in [0.05, 0.1) is 0 Å². The van der Waals surface area contributed by atoms with Gasteiger partial charge in [0.2, 0.25) is 4.80 Å². The maximum Gasteiger partial charge on any atom is 0.276 e. The van der Waals surface area contributed by atoms with Gasteiger partial charge in [-0.05, 0) is 11.6 Å². The smallest absolute Gasteiger partial charge is 0.276 e. The molecule has 0 saturated heterocycles. The van der Waals surface area contributed by atoms with Crippen molar-refractivity contribution in [2.75, 3.05) is 20.1 Å². The molecule has 0 spiro atoms. The lowest BCUT2D eigenvalue weighted by Gasteiger charge is -2.05. The normalized spacial score (nSPS) is 12.4. The molecule has 10 heteroatoms. The summed E-state index contributed by atoms with van der Waals surface area (Å²) in [5, 5.41) is 4.17. The van der Waals surface area contributed by atoms with Crippen molar-refractivity contribution in [3.05, 3.63) is 15.9 Å². The Hall–Kier alpha value is -1.38. The minimum absolute atomic E-state index is 0.165. The molecule has 0 aliphatic carbocycles. The van der Waals surface area contributed by atoms with Gasteiger partial charge in [-0.15, -0.1) is 22.9 Å². The first-order valence-electron chi connectivity index (χ1n) is 4.75. The van der Waals surface area contributed by atoms with Gasteiger partial charge in [-0.1, -0.05) is 5.16 Å². The van der Waals surface area contributed by atoms with Crippen molar-refractivity contribution in [2.45, 2.75) is 0 Å². The molecular weight excluding hydrogens is 317 g/mol. The fourth-order valence-electron chi connectivity index (χ4n) is 1.12. The van der Waals surface area contributed by atoms with Crippen LogP contribution in [0.15, 0.2) is 15.5 Å².